The van der Waals surface area contributed by atoms with Crippen LogP contribution in [0.4, 0.5) is 0 Å². The third kappa shape index (κ3) is 2.42. The molecule has 88 valence electrons. The molecule has 0 bridgehead atoms. The Morgan fingerprint density at radius 2 is 1.94 bits per heavy atom. The maximum Gasteiger partial charge on any atom is 0.181 e. The fraction of sp³-hybridized carbons (Fsp3) is 0.333. The van der Waals surface area contributed by atoms with Crippen molar-refractivity contribution >= 4 is 11.6 Å². The summed E-state index contributed by atoms with van der Waals surface area (Å²) in [6, 6.07) is 0. The minimum absolute atomic E-state index is 0.304. The van der Waals surface area contributed by atoms with E-state index in [1.165, 1.54) is 0 Å². The van der Waals surface area contributed by atoms with E-state index in [4.69, 9.17) is 11.6 Å². The van der Waals surface area contributed by atoms with Crippen LogP contribution in [0, 0.1) is 6.92 Å². The van der Waals surface area contributed by atoms with E-state index in [0.717, 1.165) is 11.3 Å². The normalized spacial score (nSPS) is 10.9. The molecule has 0 atom stereocenters. The Bertz CT molecular complexity index is 502. The molecule has 0 aromatic carbocycles. The zero-order valence-electron chi connectivity index (χ0n) is 9.98. The molecule has 0 unspecified atom stereocenters. The van der Waals surface area contributed by atoms with Gasteiger partial charge >= 0.3 is 0 Å². The van der Waals surface area contributed by atoms with Crippen molar-refractivity contribution in [3.05, 3.63) is 35.0 Å². The first-order valence-corrected chi connectivity index (χ1v) is 5.77. The van der Waals surface area contributed by atoms with Crippen LogP contribution in [0.15, 0.2) is 18.6 Å². The topological polar surface area (TPSA) is 51.6 Å². The van der Waals surface area contributed by atoms with Crippen LogP contribution in [-0.2, 0) is 0 Å². The summed E-state index contributed by atoms with van der Waals surface area (Å²) in [5.41, 5.74) is 2.51. The summed E-state index contributed by atoms with van der Waals surface area (Å²) >= 11 is 6.18. The molecule has 0 spiro atoms. The largest absolute Gasteiger partial charge is 0.261 e. The lowest BCUT2D eigenvalue weighted by molar-refractivity contribution is 0.830. The Balaban J connectivity index is 2.53. The number of hydrogen-bond donors (Lipinski definition) is 0. The second kappa shape index (κ2) is 4.75. The van der Waals surface area contributed by atoms with Gasteiger partial charge in [-0.25, -0.2) is 15.0 Å². The van der Waals surface area contributed by atoms with Crippen molar-refractivity contribution < 1.29 is 0 Å². The highest BCUT2D eigenvalue weighted by molar-refractivity contribution is 6.30. The standard InChI is InChI=1S/C12H13ClN4/c1-7(2)10-8(3)16-12(17-11(10)13)9-6-14-4-5-15-9/h4-7H,1-3H3. The Kier molecular flexibility index (Phi) is 3.33. The molecule has 2 aromatic heterocycles. The quantitative estimate of drug-likeness (QED) is 0.767. The van der Waals surface area contributed by atoms with Gasteiger partial charge in [-0.05, 0) is 12.8 Å². The zero-order valence-corrected chi connectivity index (χ0v) is 10.7. The second-order valence-electron chi connectivity index (χ2n) is 4.08. The van der Waals surface area contributed by atoms with E-state index < -0.39 is 0 Å². The van der Waals surface area contributed by atoms with Crippen LogP contribution in [0.5, 0.6) is 0 Å². The van der Waals surface area contributed by atoms with Gasteiger partial charge in [-0.2, -0.15) is 0 Å². The predicted molar refractivity (Wildman–Crippen MR) is 66.9 cm³/mol. The van der Waals surface area contributed by atoms with Crippen LogP contribution >= 0.6 is 11.6 Å². The van der Waals surface area contributed by atoms with E-state index in [-0.39, 0.29) is 0 Å². The Morgan fingerprint density at radius 1 is 1.18 bits per heavy atom. The van der Waals surface area contributed by atoms with Gasteiger partial charge in [0.2, 0.25) is 0 Å². The molecule has 0 fully saturated rings. The van der Waals surface area contributed by atoms with E-state index in [1.807, 2.05) is 6.92 Å². The monoisotopic (exact) mass is 248 g/mol. The molecule has 0 aliphatic carbocycles. The van der Waals surface area contributed by atoms with Crippen LogP contribution in [-0.4, -0.2) is 19.9 Å². The van der Waals surface area contributed by atoms with E-state index in [0.29, 0.717) is 22.6 Å². The average Bonchev–Trinajstić information content (AvgIpc) is 2.28. The first-order chi connectivity index (χ1) is 8.09. The Labute approximate surface area is 105 Å². The SMILES string of the molecule is Cc1nc(-c2cnccn2)nc(Cl)c1C(C)C. The predicted octanol–water partition coefficient (Wildman–Crippen LogP) is 3.02. The van der Waals surface area contributed by atoms with Crippen molar-refractivity contribution in [2.24, 2.45) is 0 Å². The average molecular weight is 249 g/mol. The fourth-order valence-electron chi connectivity index (χ4n) is 1.73. The van der Waals surface area contributed by atoms with E-state index in [2.05, 4.69) is 33.8 Å². The Hall–Kier alpha value is -1.55. The number of nitrogens with zero attached hydrogens (tertiary/aromatic N) is 4. The molecular weight excluding hydrogens is 236 g/mol. The van der Waals surface area contributed by atoms with Crippen molar-refractivity contribution in [2.75, 3.05) is 0 Å². The second-order valence-corrected chi connectivity index (χ2v) is 4.44. The lowest BCUT2D eigenvalue weighted by atomic mass is 10.0. The van der Waals surface area contributed by atoms with Gasteiger partial charge in [-0.3, -0.25) is 4.98 Å². The van der Waals surface area contributed by atoms with Crippen LogP contribution in [0.1, 0.15) is 31.0 Å². The molecular formula is C12H13ClN4. The minimum Gasteiger partial charge on any atom is -0.261 e. The maximum atomic E-state index is 6.18. The van der Waals surface area contributed by atoms with Crippen LogP contribution in [0.2, 0.25) is 5.15 Å². The molecule has 2 heterocycles. The summed E-state index contributed by atoms with van der Waals surface area (Å²) in [5, 5.41) is 0.494. The summed E-state index contributed by atoms with van der Waals surface area (Å²) in [7, 11) is 0. The van der Waals surface area contributed by atoms with Crippen molar-refractivity contribution in [3.63, 3.8) is 0 Å². The lowest BCUT2D eigenvalue weighted by Gasteiger charge is -2.11. The summed E-state index contributed by atoms with van der Waals surface area (Å²) in [6.07, 6.45) is 4.85. The molecule has 0 radical (unpaired) electrons. The highest BCUT2D eigenvalue weighted by Gasteiger charge is 2.14. The van der Waals surface area contributed by atoms with Crippen molar-refractivity contribution in [2.45, 2.75) is 26.7 Å². The molecule has 2 aromatic rings. The van der Waals surface area contributed by atoms with Gasteiger partial charge in [0.1, 0.15) is 10.8 Å². The molecule has 0 amide bonds. The summed E-state index contributed by atoms with van der Waals surface area (Å²) in [4.78, 5) is 16.9. The summed E-state index contributed by atoms with van der Waals surface area (Å²) in [6.45, 7) is 6.07. The molecule has 0 saturated carbocycles. The molecule has 0 aliphatic heterocycles. The molecule has 0 saturated heterocycles. The lowest BCUT2D eigenvalue weighted by Crippen LogP contribution is -2.02. The van der Waals surface area contributed by atoms with Gasteiger partial charge < -0.3 is 0 Å². The van der Waals surface area contributed by atoms with E-state index >= 15 is 0 Å². The van der Waals surface area contributed by atoms with Gasteiger partial charge in [0.15, 0.2) is 5.82 Å². The molecule has 4 nitrogen and oxygen atoms in total. The number of aromatic nitrogens is 4. The van der Waals surface area contributed by atoms with Crippen molar-refractivity contribution in [1.82, 2.24) is 19.9 Å². The molecule has 0 N–H and O–H groups in total. The first kappa shape index (κ1) is 11.9. The summed E-state index contributed by atoms with van der Waals surface area (Å²) < 4.78 is 0. The molecule has 17 heavy (non-hydrogen) atoms. The number of hydrogen-bond acceptors (Lipinski definition) is 4. The van der Waals surface area contributed by atoms with E-state index in [9.17, 15) is 0 Å². The van der Waals surface area contributed by atoms with Gasteiger partial charge in [-0.15, -0.1) is 0 Å². The Morgan fingerprint density at radius 3 is 2.47 bits per heavy atom. The van der Waals surface area contributed by atoms with Crippen molar-refractivity contribution in [1.29, 1.82) is 0 Å². The highest BCUT2D eigenvalue weighted by Crippen LogP contribution is 2.26. The number of halogens is 1. The fourth-order valence-corrected chi connectivity index (χ4v) is 2.17. The number of rotatable bonds is 2. The minimum atomic E-state index is 0.304. The van der Waals surface area contributed by atoms with Crippen LogP contribution in [0.25, 0.3) is 11.5 Å². The van der Waals surface area contributed by atoms with E-state index in [1.54, 1.807) is 18.6 Å². The van der Waals surface area contributed by atoms with Crippen LogP contribution < -0.4 is 0 Å². The van der Waals surface area contributed by atoms with Gasteiger partial charge in [0, 0.05) is 23.7 Å². The van der Waals surface area contributed by atoms with Gasteiger partial charge in [0.05, 0.1) is 6.20 Å². The first-order valence-electron chi connectivity index (χ1n) is 5.40. The van der Waals surface area contributed by atoms with Gasteiger partial charge in [0.25, 0.3) is 0 Å². The van der Waals surface area contributed by atoms with Gasteiger partial charge in [-0.1, -0.05) is 25.4 Å². The zero-order chi connectivity index (χ0) is 12.4. The summed E-state index contributed by atoms with van der Waals surface area (Å²) in [5.74, 6) is 0.823. The van der Waals surface area contributed by atoms with Crippen molar-refractivity contribution in [3.8, 4) is 11.5 Å². The van der Waals surface area contributed by atoms with Crippen LogP contribution in [0.3, 0.4) is 0 Å². The smallest absolute Gasteiger partial charge is 0.181 e. The molecule has 0 aliphatic rings. The highest BCUT2D eigenvalue weighted by atomic mass is 35.5. The maximum absolute atomic E-state index is 6.18. The molecule has 2 rings (SSSR count). The number of aryl methyl sites for hydroxylation is 1. The third-order valence-electron chi connectivity index (χ3n) is 2.46. The molecule has 5 heteroatoms. The third-order valence-corrected chi connectivity index (χ3v) is 2.75.